The molecule has 20 heavy (non-hydrogen) atoms. The molecule has 1 aromatic carbocycles. The molecule has 6 heteroatoms. The van der Waals surface area contributed by atoms with E-state index in [1.807, 2.05) is 0 Å². The number of methoxy groups -OCH3 is 1. The highest BCUT2D eigenvalue weighted by Gasteiger charge is 2.12. The topological polar surface area (TPSA) is 47.6 Å². The summed E-state index contributed by atoms with van der Waals surface area (Å²) in [5.41, 5.74) is 0.950. The fourth-order valence-electron chi connectivity index (χ4n) is 1.55. The highest BCUT2D eigenvalue weighted by Crippen LogP contribution is 2.16. The lowest BCUT2D eigenvalue weighted by Gasteiger charge is -2.13. The maximum Gasteiger partial charge on any atom is 0.248 e. The fraction of sp³-hybridized carbons (Fsp3) is 0.500. The molecule has 0 saturated heterocycles. The van der Waals surface area contributed by atoms with Gasteiger partial charge in [-0.15, -0.1) is 0 Å². The molecule has 0 aliphatic rings. The van der Waals surface area contributed by atoms with Gasteiger partial charge in [0, 0.05) is 13.7 Å². The second kappa shape index (κ2) is 9.05. The smallest absolute Gasteiger partial charge is 0.248 e. The number of hydrogen-bond acceptors (Lipinski definition) is 3. The molecule has 1 N–H and O–H groups in total. The van der Waals surface area contributed by atoms with Gasteiger partial charge in [0.1, 0.15) is 11.9 Å². The first-order chi connectivity index (χ1) is 9.54. The molecule has 1 atom stereocenters. The van der Waals surface area contributed by atoms with Crippen LogP contribution in [0.15, 0.2) is 22.7 Å². The molecule has 112 valence electrons. The summed E-state index contributed by atoms with van der Waals surface area (Å²) in [5.74, 6) is -0.458. The highest BCUT2D eigenvalue weighted by molar-refractivity contribution is 9.10. The van der Waals surface area contributed by atoms with E-state index in [0.717, 1.165) is 5.56 Å². The van der Waals surface area contributed by atoms with Crippen molar-refractivity contribution >= 4 is 21.8 Å². The van der Waals surface area contributed by atoms with Crippen LogP contribution in [0.3, 0.4) is 0 Å². The molecule has 0 aromatic heterocycles. The molecule has 0 saturated carbocycles. The SMILES string of the molecule is COCCO[C@H](C)C(=O)NCCc1ccc(F)c(Br)c1. The van der Waals surface area contributed by atoms with Gasteiger partial charge in [0.25, 0.3) is 0 Å². The number of ether oxygens (including phenoxy) is 2. The van der Waals surface area contributed by atoms with E-state index in [4.69, 9.17) is 9.47 Å². The quantitative estimate of drug-likeness (QED) is 0.734. The molecule has 0 fully saturated rings. The van der Waals surface area contributed by atoms with Crippen LogP contribution < -0.4 is 5.32 Å². The first kappa shape index (κ1) is 17.1. The maximum absolute atomic E-state index is 13.1. The molecule has 0 spiro atoms. The number of benzene rings is 1. The minimum atomic E-state index is -0.509. The molecule has 0 unspecified atom stereocenters. The molecule has 0 aliphatic heterocycles. The van der Waals surface area contributed by atoms with Crippen molar-refractivity contribution < 1.29 is 18.7 Å². The van der Waals surface area contributed by atoms with Crippen molar-refractivity contribution in [2.45, 2.75) is 19.4 Å². The Bertz CT molecular complexity index is 442. The monoisotopic (exact) mass is 347 g/mol. The first-order valence-corrected chi connectivity index (χ1v) is 7.16. The molecule has 0 aliphatic carbocycles. The molecule has 0 radical (unpaired) electrons. The zero-order valence-electron chi connectivity index (χ0n) is 11.6. The summed E-state index contributed by atoms with van der Waals surface area (Å²) in [6.45, 7) is 3.02. The number of carbonyl (C=O) groups excluding carboxylic acids is 1. The molecule has 4 nitrogen and oxygen atoms in total. The van der Waals surface area contributed by atoms with E-state index in [2.05, 4.69) is 21.2 Å². The predicted molar refractivity (Wildman–Crippen MR) is 78.1 cm³/mol. The van der Waals surface area contributed by atoms with Crippen molar-refractivity contribution in [3.63, 3.8) is 0 Å². The van der Waals surface area contributed by atoms with Crippen LogP contribution in [0.5, 0.6) is 0 Å². The van der Waals surface area contributed by atoms with Crippen molar-refractivity contribution in [3.8, 4) is 0 Å². The van der Waals surface area contributed by atoms with Crippen molar-refractivity contribution in [1.29, 1.82) is 0 Å². The van der Waals surface area contributed by atoms with Crippen LogP contribution in [0.25, 0.3) is 0 Å². The lowest BCUT2D eigenvalue weighted by atomic mass is 10.1. The standard InChI is InChI=1S/C14H19BrFNO3/c1-10(20-8-7-19-2)14(18)17-6-5-11-3-4-13(16)12(15)9-11/h3-4,9-10H,5-8H2,1-2H3,(H,17,18)/t10-/m1/s1. The molecular formula is C14H19BrFNO3. The van der Waals surface area contributed by atoms with Gasteiger partial charge >= 0.3 is 0 Å². The van der Waals surface area contributed by atoms with Crippen LogP contribution in [0.4, 0.5) is 4.39 Å². The number of amides is 1. The van der Waals surface area contributed by atoms with E-state index in [-0.39, 0.29) is 11.7 Å². The molecule has 1 amide bonds. The summed E-state index contributed by atoms with van der Waals surface area (Å²) >= 11 is 3.13. The van der Waals surface area contributed by atoms with Crippen LogP contribution in [0, 0.1) is 5.82 Å². The summed E-state index contributed by atoms with van der Waals surface area (Å²) in [6.07, 6.45) is 0.125. The first-order valence-electron chi connectivity index (χ1n) is 6.36. The fourth-order valence-corrected chi connectivity index (χ4v) is 1.98. The summed E-state index contributed by atoms with van der Waals surface area (Å²) < 4.78 is 23.6. The number of hydrogen-bond donors (Lipinski definition) is 1. The van der Waals surface area contributed by atoms with E-state index in [0.29, 0.717) is 30.7 Å². The van der Waals surface area contributed by atoms with Crippen LogP contribution in [-0.4, -0.2) is 38.9 Å². The zero-order valence-corrected chi connectivity index (χ0v) is 13.2. The minimum absolute atomic E-state index is 0.165. The predicted octanol–water partition coefficient (Wildman–Crippen LogP) is 2.30. The Labute approximate surface area is 126 Å². The second-order valence-electron chi connectivity index (χ2n) is 4.30. The Hall–Kier alpha value is -0.980. The summed E-state index contributed by atoms with van der Waals surface area (Å²) in [6, 6.07) is 4.81. The van der Waals surface area contributed by atoms with Crippen molar-refractivity contribution in [3.05, 3.63) is 34.1 Å². The van der Waals surface area contributed by atoms with E-state index in [1.165, 1.54) is 6.07 Å². The third-order valence-electron chi connectivity index (χ3n) is 2.72. The van der Waals surface area contributed by atoms with Gasteiger partial charge in [-0.3, -0.25) is 4.79 Å². The maximum atomic E-state index is 13.1. The summed E-state index contributed by atoms with van der Waals surface area (Å²) in [4.78, 5) is 11.7. The molecule has 1 aromatic rings. The number of halogens is 2. The van der Waals surface area contributed by atoms with Crippen LogP contribution >= 0.6 is 15.9 Å². The van der Waals surface area contributed by atoms with Crippen molar-refractivity contribution in [2.24, 2.45) is 0 Å². The Morgan fingerprint density at radius 3 is 2.85 bits per heavy atom. The molecular weight excluding hydrogens is 329 g/mol. The van der Waals surface area contributed by atoms with E-state index in [1.54, 1.807) is 26.2 Å². The van der Waals surface area contributed by atoms with Gasteiger partial charge in [-0.25, -0.2) is 4.39 Å². The average molecular weight is 348 g/mol. The molecule has 0 heterocycles. The summed E-state index contributed by atoms with van der Waals surface area (Å²) in [7, 11) is 1.58. The van der Waals surface area contributed by atoms with E-state index < -0.39 is 6.10 Å². The molecule has 1 rings (SSSR count). The van der Waals surface area contributed by atoms with E-state index >= 15 is 0 Å². The Kier molecular flexibility index (Phi) is 7.72. The second-order valence-corrected chi connectivity index (χ2v) is 5.15. The normalized spacial score (nSPS) is 12.2. The number of rotatable bonds is 8. The lowest BCUT2D eigenvalue weighted by molar-refractivity contribution is -0.132. The Morgan fingerprint density at radius 1 is 1.45 bits per heavy atom. The molecule has 0 bridgehead atoms. The van der Waals surface area contributed by atoms with Crippen molar-refractivity contribution in [1.82, 2.24) is 5.32 Å². The van der Waals surface area contributed by atoms with E-state index in [9.17, 15) is 9.18 Å². The van der Waals surface area contributed by atoms with Crippen LogP contribution in [0.1, 0.15) is 12.5 Å². The Balaban J connectivity index is 2.28. The highest BCUT2D eigenvalue weighted by atomic mass is 79.9. The Morgan fingerprint density at radius 2 is 2.20 bits per heavy atom. The largest absolute Gasteiger partial charge is 0.382 e. The lowest BCUT2D eigenvalue weighted by Crippen LogP contribution is -2.36. The van der Waals surface area contributed by atoms with Gasteiger partial charge in [-0.05, 0) is 47.0 Å². The van der Waals surface area contributed by atoms with Gasteiger partial charge in [0.15, 0.2) is 0 Å². The van der Waals surface area contributed by atoms with Gasteiger partial charge in [0.05, 0.1) is 17.7 Å². The third-order valence-corrected chi connectivity index (χ3v) is 3.33. The number of nitrogens with one attached hydrogen (secondary N) is 1. The van der Waals surface area contributed by atoms with Crippen molar-refractivity contribution in [2.75, 3.05) is 26.9 Å². The van der Waals surface area contributed by atoms with Gasteiger partial charge in [-0.2, -0.15) is 0 Å². The minimum Gasteiger partial charge on any atom is -0.382 e. The average Bonchev–Trinajstić information content (AvgIpc) is 2.42. The van der Waals surface area contributed by atoms with Gasteiger partial charge in [-0.1, -0.05) is 6.07 Å². The third kappa shape index (κ3) is 5.98. The number of carbonyl (C=O) groups is 1. The zero-order chi connectivity index (χ0) is 15.0. The summed E-state index contributed by atoms with van der Waals surface area (Å²) in [5, 5.41) is 2.78. The van der Waals surface area contributed by atoms with Crippen LogP contribution in [-0.2, 0) is 20.7 Å². The van der Waals surface area contributed by atoms with Crippen LogP contribution in [0.2, 0.25) is 0 Å². The van der Waals surface area contributed by atoms with Gasteiger partial charge in [0.2, 0.25) is 5.91 Å². The van der Waals surface area contributed by atoms with Gasteiger partial charge < -0.3 is 14.8 Å².